The second-order valence-corrected chi connectivity index (χ2v) is 2.60. The van der Waals surface area contributed by atoms with Crippen LogP contribution in [0.5, 0.6) is 0 Å². The Morgan fingerprint density at radius 1 is 1.20 bits per heavy atom. The highest BCUT2D eigenvalue weighted by atomic mass is 19.2. The van der Waals surface area contributed by atoms with Crippen LogP contribution < -0.4 is 0 Å². The number of aliphatic hydroxyl groups excluding tert-OH is 1. The summed E-state index contributed by atoms with van der Waals surface area (Å²) in [6.45, 7) is 0. The first-order valence-corrected chi connectivity index (χ1v) is 3.33. The molecule has 0 aromatic heterocycles. The SMILES string of the molecule is O/C=C/C1C[C@@H](F)[C@@H](F)C1. The lowest BCUT2D eigenvalue weighted by Gasteiger charge is -1.96. The van der Waals surface area contributed by atoms with E-state index < -0.39 is 12.3 Å². The minimum Gasteiger partial charge on any atom is -0.516 e. The Labute approximate surface area is 58.4 Å². The summed E-state index contributed by atoms with van der Waals surface area (Å²) in [5.41, 5.74) is 0. The molecule has 1 fully saturated rings. The minimum absolute atomic E-state index is 0.116. The van der Waals surface area contributed by atoms with Crippen molar-refractivity contribution in [1.29, 1.82) is 0 Å². The number of halogens is 2. The van der Waals surface area contributed by atoms with Crippen LogP contribution in [0, 0.1) is 5.92 Å². The van der Waals surface area contributed by atoms with E-state index in [0.717, 1.165) is 6.26 Å². The van der Waals surface area contributed by atoms with E-state index >= 15 is 0 Å². The van der Waals surface area contributed by atoms with Gasteiger partial charge in [-0.25, -0.2) is 8.78 Å². The van der Waals surface area contributed by atoms with Gasteiger partial charge in [0.2, 0.25) is 0 Å². The van der Waals surface area contributed by atoms with Gasteiger partial charge in [0.25, 0.3) is 0 Å². The fourth-order valence-electron chi connectivity index (χ4n) is 1.25. The topological polar surface area (TPSA) is 20.2 Å². The molecule has 1 aliphatic rings. The highest BCUT2D eigenvalue weighted by molar-refractivity contribution is 4.93. The molecule has 0 aromatic rings. The Kier molecular flexibility index (Phi) is 2.25. The van der Waals surface area contributed by atoms with Crippen molar-refractivity contribution in [3.63, 3.8) is 0 Å². The van der Waals surface area contributed by atoms with Crippen LogP contribution in [-0.2, 0) is 0 Å². The predicted octanol–water partition coefficient (Wildman–Crippen LogP) is 2.14. The van der Waals surface area contributed by atoms with E-state index in [2.05, 4.69) is 0 Å². The maximum absolute atomic E-state index is 12.4. The van der Waals surface area contributed by atoms with Gasteiger partial charge >= 0.3 is 0 Å². The first-order chi connectivity index (χ1) is 4.74. The van der Waals surface area contributed by atoms with E-state index in [9.17, 15) is 8.78 Å². The van der Waals surface area contributed by atoms with Gasteiger partial charge < -0.3 is 5.11 Å². The second-order valence-electron chi connectivity index (χ2n) is 2.60. The molecule has 0 saturated heterocycles. The van der Waals surface area contributed by atoms with E-state index in [-0.39, 0.29) is 18.8 Å². The number of hydrogen-bond donors (Lipinski definition) is 1. The Morgan fingerprint density at radius 3 is 2.10 bits per heavy atom. The van der Waals surface area contributed by atoms with Gasteiger partial charge in [-0.3, -0.25) is 0 Å². The van der Waals surface area contributed by atoms with Crippen molar-refractivity contribution in [1.82, 2.24) is 0 Å². The summed E-state index contributed by atoms with van der Waals surface area (Å²) in [7, 11) is 0. The number of hydrogen-bond acceptors (Lipinski definition) is 1. The average Bonchev–Trinajstić information content (AvgIpc) is 2.14. The van der Waals surface area contributed by atoms with Gasteiger partial charge in [-0.05, 0) is 24.8 Å². The third-order valence-corrected chi connectivity index (χ3v) is 1.81. The monoisotopic (exact) mass is 148 g/mol. The number of rotatable bonds is 1. The molecule has 1 rings (SSSR count). The highest BCUT2D eigenvalue weighted by Crippen LogP contribution is 2.31. The van der Waals surface area contributed by atoms with Gasteiger partial charge in [-0.15, -0.1) is 0 Å². The van der Waals surface area contributed by atoms with Crippen molar-refractivity contribution in [3.8, 4) is 0 Å². The van der Waals surface area contributed by atoms with Crippen LogP contribution in [0.4, 0.5) is 8.78 Å². The molecule has 1 nitrogen and oxygen atoms in total. The number of allylic oxidation sites excluding steroid dienone is 1. The molecule has 1 aliphatic carbocycles. The van der Waals surface area contributed by atoms with Crippen LogP contribution >= 0.6 is 0 Å². The van der Waals surface area contributed by atoms with E-state index in [4.69, 9.17) is 5.11 Å². The van der Waals surface area contributed by atoms with Crippen LogP contribution in [-0.4, -0.2) is 17.4 Å². The van der Waals surface area contributed by atoms with Gasteiger partial charge in [0.1, 0.15) is 12.3 Å². The predicted molar refractivity (Wildman–Crippen MR) is 34.3 cm³/mol. The molecule has 1 unspecified atom stereocenters. The first kappa shape index (κ1) is 7.51. The lowest BCUT2D eigenvalue weighted by molar-refractivity contribution is 0.199. The Bertz CT molecular complexity index is 126. The zero-order valence-corrected chi connectivity index (χ0v) is 5.50. The van der Waals surface area contributed by atoms with Crippen LogP contribution in [0.3, 0.4) is 0 Å². The Morgan fingerprint density at radius 2 is 1.70 bits per heavy atom. The molecule has 0 aliphatic heterocycles. The molecule has 58 valence electrons. The molecule has 0 bridgehead atoms. The van der Waals surface area contributed by atoms with Crippen molar-refractivity contribution in [2.75, 3.05) is 0 Å². The van der Waals surface area contributed by atoms with E-state index in [1.54, 1.807) is 0 Å². The molecule has 1 saturated carbocycles. The summed E-state index contributed by atoms with van der Waals surface area (Å²) in [6.07, 6.45) is 0.0419. The van der Waals surface area contributed by atoms with Crippen LogP contribution in [0.15, 0.2) is 12.3 Å². The largest absolute Gasteiger partial charge is 0.516 e. The molecule has 0 aromatic carbocycles. The van der Waals surface area contributed by atoms with Gasteiger partial charge in [0.15, 0.2) is 0 Å². The lowest BCUT2D eigenvalue weighted by atomic mass is 10.1. The zero-order chi connectivity index (χ0) is 7.56. The third-order valence-electron chi connectivity index (χ3n) is 1.81. The number of alkyl halides is 2. The summed E-state index contributed by atoms with van der Waals surface area (Å²) < 4.78 is 24.8. The summed E-state index contributed by atoms with van der Waals surface area (Å²) in [4.78, 5) is 0. The average molecular weight is 148 g/mol. The molecule has 0 heterocycles. The maximum atomic E-state index is 12.4. The van der Waals surface area contributed by atoms with Crippen molar-refractivity contribution in [2.24, 2.45) is 5.92 Å². The van der Waals surface area contributed by atoms with Crippen LogP contribution in [0.2, 0.25) is 0 Å². The summed E-state index contributed by atoms with van der Waals surface area (Å²) in [6, 6.07) is 0. The summed E-state index contributed by atoms with van der Waals surface area (Å²) in [5.74, 6) is -0.116. The van der Waals surface area contributed by atoms with Crippen molar-refractivity contribution >= 4 is 0 Å². The fraction of sp³-hybridized carbons (Fsp3) is 0.714. The number of aliphatic hydroxyl groups is 1. The lowest BCUT2D eigenvalue weighted by Crippen LogP contribution is -2.06. The highest BCUT2D eigenvalue weighted by Gasteiger charge is 2.32. The molecule has 0 radical (unpaired) electrons. The van der Waals surface area contributed by atoms with Gasteiger partial charge in [-0.1, -0.05) is 0 Å². The molecular weight excluding hydrogens is 138 g/mol. The smallest absolute Gasteiger partial charge is 0.132 e. The van der Waals surface area contributed by atoms with E-state index in [0.29, 0.717) is 0 Å². The Balaban J connectivity index is 2.41. The maximum Gasteiger partial charge on any atom is 0.132 e. The molecule has 3 atom stereocenters. The molecule has 0 amide bonds. The quantitative estimate of drug-likeness (QED) is 0.565. The van der Waals surface area contributed by atoms with Crippen molar-refractivity contribution < 1.29 is 13.9 Å². The van der Waals surface area contributed by atoms with Crippen LogP contribution in [0.1, 0.15) is 12.8 Å². The molecule has 1 N–H and O–H groups in total. The van der Waals surface area contributed by atoms with Gasteiger partial charge in [0, 0.05) is 0 Å². The summed E-state index contributed by atoms with van der Waals surface area (Å²) in [5, 5.41) is 8.27. The zero-order valence-electron chi connectivity index (χ0n) is 5.50. The van der Waals surface area contributed by atoms with Crippen LogP contribution in [0.25, 0.3) is 0 Å². The Hall–Kier alpha value is -0.600. The molecular formula is C7H10F2O. The normalized spacial score (nSPS) is 41.2. The van der Waals surface area contributed by atoms with Gasteiger partial charge in [0.05, 0.1) is 6.26 Å². The molecule has 3 heteroatoms. The summed E-state index contributed by atoms with van der Waals surface area (Å²) >= 11 is 0. The van der Waals surface area contributed by atoms with Gasteiger partial charge in [-0.2, -0.15) is 0 Å². The molecule has 10 heavy (non-hydrogen) atoms. The first-order valence-electron chi connectivity index (χ1n) is 3.33. The molecule has 0 spiro atoms. The fourth-order valence-corrected chi connectivity index (χ4v) is 1.25. The third kappa shape index (κ3) is 1.46. The van der Waals surface area contributed by atoms with E-state index in [1.165, 1.54) is 6.08 Å². The minimum atomic E-state index is -1.33. The standard InChI is InChI=1S/C7H10F2O/c8-6-3-5(1-2-10)4-7(6)9/h1-2,5-7,10H,3-4H2/b2-1+/t5?,6-,7+. The second kappa shape index (κ2) is 2.99. The van der Waals surface area contributed by atoms with Crippen molar-refractivity contribution in [3.05, 3.63) is 12.3 Å². The van der Waals surface area contributed by atoms with Crippen molar-refractivity contribution in [2.45, 2.75) is 25.2 Å². The van der Waals surface area contributed by atoms with E-state index in [1.807, 2.05) is 0 Å².